The van der Waals surface area contributed by atoms with Crippen molar-refractivity contribution in [1.82, 2.24) is 15.0 Å². The third-order valence-corrected chi connectivity index (χ3v) is 12.4. The highest BCUT2D eigenvalue weighted by atomic mass is 16.5. The van der Waals surface area contributed by atoms with Gasteiger partial charge in [-0.15, -0.1) is 0 Å². The number of allylic oxidation sites excluding steroid dienone is 6. The highest BCUT2D eigenvalue weighted by molar-refractivity contribution is 5.87. The fourth-order valence-electron chi connectivity index (χ4n) is 9.44. The first-order chi connectivity index (χ1) is 29.0. The molecule has 5 nitrogen and oxygen atoms in total. The highest BCUT2D eigenvalue weighted by Gasteiger charge is 2.39. The molecule has 1 aromatic heterocycles. The van der Waals surface area contributed by atoms with Gasteiger partial charge in [0.15, 0.2) is 17.5 Å². The molecule has 11 rings (SSSR count). The summed E-state index contributed by atoms with van der Waals surface area (Å²) in [5.41, 5.74) is 15.4. The molecule has 5 heteroatoms. The van der Waals surface area contributed by atoms with Crippen molar-refractivity contribution in [3.63, 3.8) is 0 Å². The maximum atomic E-state index is 6.71. The van der Waals surface area contributed by atoms with E-state index in [1.807, 2.05) is 60.7 Å². The lowest BCUT2D eigenvalue weighted by molar-refractivity contribution is 0.271. The van der Waals surface area contributed by atoms with Crippen LogP contribution in [0.15, 0.2) is 188 Å². The predicted octanol–water partition coefficient (Wildman–Crippen LogP) is 13.2. The van der Waals surface area contributed by atoms with Gasteiger partial charge in [-0.3, -0.25) is 0 Å². The van der Waals surface area contributed by atoms with Crippen LogP contribution in [0.5, 0.6) is 5.75 Å². The van der Waals surface area contributed by atoms with Crippen molar-refractivity contribution >= 4 is 28.2 Å². The fraction of sp³-hybridized carbons (Fsp3) is 0.130. The molecular weight excluding hydrogens is 721 g/mol. The lowest BCUT2D eigenvalue weighted by Gasteiger charge is -2.28. The fourth-order valence-corrected chi connectivity index (χ4v) is 9.44. The molecule has 0 amide bonds. The molecule has 7 aromatic rings. The van der Waals surface area contributed by atoms with Crippen LogP contribution < -0.4 is 9.64 Å². The number of hydrogen-bond donors (Lipinski definition) is 0. The average Bonchev–Trinajstić information content (AvgIpc) is 3.79. The molecule has 2 atom stereocenters. The van der Waals surface area contributed by atoms with E-state index in [0.29, 0.717) is 17.5 Å². The van der Waals surface area contributed by atoms with E-state index in [-0.39, 0.29) is 17.4 Å². The van der Waals surface area contributed by atoms with Crippen LogP contribution in [0.1, 0.15) is 55.1 Å². The molecule has 59 heavy (non-hydrogen) atoms. The quantitative estimate of drug-likeness (QED) is 0.162. The van der Waals surface area contributed by atoms with Crippen LogP contribution in [0.3, 0.4) is 0 Å². The van der Waals surface area contributed by atoms with Gasteiger partial charge >= 0.3 is 0 Å². The molecule has 3 aliphatic carbocycles. The van der Waals surface area contributed by atoms with Crippen LogP contribution in [0, 0.1) is 0 Å². The molecule has 1 aliphatic heterocycles. The number of aromatic nitrogens is 3. The monoisotopic (exact) mass is 762 g/mol. The third kappa shape index (κ3) is 6.04. The number of hydrogen-bond acceptors (Lipinski definition) is 5. The molecule has 0 bridgehead atoms. The normalized spacial score (nSPS) is 18.0. The lowest BCUT2D eigenvalue weighted by Crippen LogP contribution is -2.20. The van der Waals surface area contributed by atoms with Crippen molar-refractivity contribution < 1.29 is 4.74 Å². The van der Waals surface area contributed by atoms with Crippen LogP contribution in [-0.4, -0.2) is 21.1 Å². The van der Waals surface area contributed by atoms with Crippen molar-refractivity contribution in [3.05, 3.63) is 210 Å². The third-order valence-electron chi connectivity index (χ3n) is 12.4. The Labute approximate surface area is 345 Å². The van der Waals surface area contributed by atoms with Crippen LogP contribution in [0.25, 0.3) is 45.0 Å². The maximum absolute atomic E-state index is 6.71. The Kier molecular flexibility index (Phi) is 8.37. The minimum Gasteiger partial charge on any atom is -0.485 e. The van der Waals surface area contributed by atoms with Gasteiger partial charge in [0.05, 0.1) is 5.92 Å². The number of fused-ring (bicyclic) bond motifs is 5. The molecule has 6 aromatic carbocycles. The lowest BCUT2D eigenvalue weighted by atomic mass is 9.80. The van der Waals surface area contributed by atoms with Crippen molar-refractivity contribution in [2.45, 2.75) is 44.1 Å². The summed E-state index contributed by atoms with van der Waals surface area (Å²) in [6, 6.07) is 53.5. The Balaban J connectivity index is 0.918. The second kappa shape index (κ2) is 14.1. The minimum atomic E-state index is -0.159. The van der Waals surface area contributed by atoms with E-state index in [0.717, 1.165) is 69.0 Å². The van der Waals surface area contributed by atoms with Crippen molar-refractivity contribution in [2.24, 2.45) is 0 Å². The molecule has 2 unspecified atom stereocenters. The maximum Gasteiger partial charge on any atom is 0.164 e. The topological polar surface area (TPSA) is 51.1 Å². The number of anilines is 3. The molecule has 0 spiro atoms. The van der Waals surface area contributed by atoms with E-state index in [4.69, 9.17) is 19.7 Å². The van der Waals surface area contributed by atoms with Gasteiger partial charge in [-0.2, -0.15) is 0 Å². The zero-order valence-electron chi connectivity index (χ0n) is 33.1. The Morgan fingerprint density at radius 3 is 1.95 bits per heavy atom. The summed E-state index contributed by atoms with van der Waals surface area (Å²) in [5.74, 6) is 2.81. The van der Waals surface area contributed by atoms with E-state index in [2.05, 4.69) is 140 Å². The summed E-state index contributed by atoms with van der Waals surface area (Å²) >= 11 is 0. The molecule has 284 valence electrons. The van der Waals surface area contributed by atoms with Crippen molar-refractivity contribution in [1.29, 1.82) is 0 Å². The first kappa shape index (κ1) is 35.1. The molecule has 0 saturated carbocycles. The van der Waals surface area contributed by atoms with Crippen molar-refractivity contribution in [2.75, 3.05) is 4.90 Å². The molecular formula is C54H42N4O. The largest absolute Gasteiger partial charge is 0.485 e. The molecule has 0 N–H and O–H groups in total. The van der Waals surface area contributed by atoms with E-state index in [9.17, 15) is 0 Å². The average molecular weight is 763 g/mol. The van der Waals surface area contributed by atoms with Crippen LogP contribution in [-0.2, 0) is 5.41 Å². The smallest absolute Gasteiger partial charge is 0.164 e. The first-order valence-corrected chi connectivity index (χ1v) is 20.6. The van der Waals surface area contributed by atoms with Crippen LogP contribution in [0.4, 0.5) is 17.1 Å². The van der Waals surface area contributed by atoms with Gasteiger partial charge in [-0.05, 0) is 94.8 Å². The molecule has 0 saturated heterocycles. The van der Waals surface area contributed by atoms with Crippen LogP contribution in [0.2, 0.25) is 0 Å². The minimum absolute atomic E-state index is 0.0369. The number of para-hydroxylation sites is 1. The molecule has 4 aliphatic rings. The van der Waals surface area contributed by atoms with E-state index >= 15 is 0 Å². The summed E-state index contributed by atoms with van der Waals surface area (Å²) in [6.07, 6.45) is 13.1. The van der Waals surface area contributed by atoms with E-state index in [1.165, 1.54) is 22.3 Å². The molecule has 0 radical (unpaired) electrons. The van der Waals surface area contributed by atoms with Gasteiger partial charge in [0.25, 0.3) is 0 Å². The first-order valence-electron chi connectivity index (χ1n) is 20.6. The summed E-state index contributed by atoms with van der Waals surface area (Å²) in [7, 11) is 0. The Bertz CT molecular complexity index is 2820. The number of ether oxygens (including phenoxy) is 1. The van der Waals surface area contributed by atoms with Gasteiger partial charge in [0.1, 0.15) is 11.9 Å². The summed E-state index contributed by atoms with van der Waals surface area (Å²) in [6.45, 7) is 4.74. The van der Waals surface area contributed by atoms with Gasteiger partial charge in [-0.25, -0.2) is 15.0 Å². The van der Waals surface area contributed by atoms with Gasteiger partial charge in [0.2, 0.25) is 0 Å². The predicted molar refractivity (Wildman–Crippen MR) is 240 cm³/mol. The van der Waals surface area contributed by atoms with Crippen molar-refractivity contribution in [3.8, 4) is 39.7 Å². The van der Waals surface area contributed by atoms with Gasteiger partial charge < -0.3 is 9.64 Å². The summed E-state index contributed by atoms with van der Waals surface area (Å²) in [5, 5.41) is 0. The molecule has 2 heterocycles. The van der Waals surface area contributed by atoms with E-state index < -0.39 is 0 Å². The Hall–Kier alpha value is -7.11. The standard InChI is InChI=1S/C54H42N4O/c1-54(2)46-23-13-12-21-42(46)43-32-30-41(34-47(43)54)58(39-19-10-5-11-20-39)40-28-25-35(26-29-40)38-27-31-44-49(33-38)59-48-24-14-22-45(50(44)48)53-56-51(36-15-6-3-7-16-36)55-52(57-53)37-17-8-4-9-18-37/h3-11,13-20,22-34,48,50H,12,21H2,1-2H3. The number of nitrogens with zero attached hydrogens (tertiary/aromatic N) is 4. The highest BCUT2D eigenvalue weighted by Crippen LogP contribution is 2.52. The molecule has 0 fully saturated rings. The van der Waals surface area contributed by atoms with Gasteiger partial charge in [-0.1, -0.05) is 147 Å². The Morgan fingerprint density at radius 2 is 1.24 bits per heavy atom. The Morgan fingerprint density at radius 1 is 0.610 bits per heavy atom. The SMILES string of the molecule is CC1(C)C2=C(CCC=C2)c2ccc(N(c3ccccc3)c3ccc(-c4ccc5c(c4)OC4C=CC=C(c6nc(-c7ccccc7)nc(-c7ccccc7)n6)C54)cc3)cc21. The second-order valence-electron chi connectivity index (χ2n) is 16.3. The zero-order valence-corrected chi connectivity index (χ0v) is 33.1. The van der Waals surface area contributed by atoms with Crippen LogP contribution >= 0.6 is 0 Å². The number of rotatable bonds is 7. The summed E-state index contributed by atoms with van der Waals surface area (Å²) < 4.78 is 6.71. The number of benzene rings is 6. The van der Waals surface area contributed by atoms with Gasteiger partial charge in [0, 0.05) is 44.7 Å². The second-order valence-corrected chi connectivity index (χ2v) is 16.3. The summed E-state index contributed by atoms with van der Waals surface area (Å²) in [4.78, 5) is 17.4. The van der Waals surface area contributed by atoms with E-state index in [1.54, 1.807) is 0 Å². The zero-order chi connectivity index (χ0) is 39.5.